The molecule has 3 aromatic rings. The lowest BCUT2D eigenvalue weighted by atomic mass is 9.96. The molecule has 8 nitrogen and oxygen atoms in total. The van der Waals surface area contributed by atoms with E-state index in [1.807, 2.05) is 36.5 Å². The van der Waals surface area contributed by atoms with E-state index in [1.165, 1.54) is 0 Å². The minimum atomic E-state index is -0.958. The number of hydrogen-bond donors (Lipinski definition) is 3. The van der Waals surface area contributed by atoms with Gasteiger partial charge in [-0.15, -0.1) is 0 Å². The molecule has 0 unspecified atom stereocenters. The molecule has 31 heavy (non-hydrogen) atoms. The first kappa shape index (κ1) is 20.0. The third kappa shape index (κ3) is 4.03. The average Bonchev–Trinajstić information content (AvgIpc) is 3.41. The molecule has 2 aromatic carbocycles. The summed E-state index contributed by atoms with van der Waals surface area (Å²) < 4.78 is 13.3. The summed E-state index contributed by atoms with van der Waals surface area (Å²) in [5.74, 6) is 0. The fourth-order valence-electron chi connectivity index (χ4n) is 4.03. The molecule has 5 rings (SSSR count). The molecule has 2 aliphatic rings. The number of hydrogen-bond acceptors (Lipinski definition) is 5. The molecule has 0 aliphatic carbocycles. The molecule has 1 aromatic heterocycles. The van der Waals surface area contributed by atoms with Gasteiger partial charge in [0.1, 0.15) is 18.2 Å². The molecule has 2 fully saturated rings. The Morgan fingerprint density at radius 3 is 2.81 bits per heavy atom. The number of aromatic nitrogens is 2. The van der Waals surface area contributed by atoms with E-state index in [0.29, 0.717) is 10.7 Å². The average molecular weight is 441 g/mol. The van der Waals surface area contributed by atoms with Crippen molar-refractivity contribution in [3.63, 3.8) is 0 Å². The predicted octanol–water partition coefficient (Wildman–Crippen LogP) is 3.05. The maximum Gasteiger partial charge on any atom is 0.319 e. The second-order valence-electron chi connectivity index (χ2n) is 7.57. The summed E-state index contributed by atoms with van der Waals surface area (Å²) in [4.78, 5) is 12.5. The Morgan fingerprint density at radius 2 is 2.00 bits per heavy atom. The number of carbonyl (C=O) groups excluding carboxylic acids is 1. The predicted molar refractivity (Wildman–Crippen MR) is 115 cm³/mol. The summed E-state index contributed by atoms with van der Waals surface area (Å²) >= 11 is 5.97. The maximum atomic E-state index is 12.5. The minimum absolute atomic E-state index is 0.271. The summed E-state index contributed by atoms with van der Waals surface area (Å²) in [7, 11) is 0. The molecular weight excluding hydrogens is 420 g/mol. The Bertz CT molecular complexity index is 1080. The first-order valence-corrected chi connectivity index (χ1v) is 10.3. The SMILES string of the molecule is O=C(Nc1cccc(Cl)c1)N[C@H]1[C@H](O)[C@@H](n2cc(-c3ccccc3)cn2)[C@@H]2OC[C@H]1O2. The third-order valence-electron chi connectivity index (χ3n) is 5.53. The third-order valence-corrected chi connectivity index (χ3v) is 5.76. The number of amides is 2. The van der Waals surface area contributed by atoms with Crippen LogP contribution in [0.3, 0.4) is 0 Å². The molecular formula is C22H21ClN4O4. The summed E-state index contributed by atoms with van der Waals surface area (Å²) in [6.07, 6.45) is 1.53. The summed E-state index contributed by atoms with van der Waals surface area (Å²) in [6, 6.07) is 14.9. The molecule has 3 heterocycles. The van der Waals surface area contributed by atoms with Crippen molar-refractivity contribution in [1.82, 2.24) is 15.1 Å². The van der Waals surface area contributed by atoms with Gasteiger partial charge in [-0.25, -0.2) is 4.79 Å². The van der Waals surface area contributed by atoms with E-state index in [9.17, 15) is 9.90 Å². The lowest BCUT2D eigenvalue weighted by Crippen LogP contribution is -2.59. The van der Waals surface area contributed by atoms with Crippen molar-refractivity contribution in [3.8, 4) is 11.1 Å². The zero-order valence-corrected chi connectivity index (χ0v) is 17.1. The first-order chi connectivity index (χ1) is 15.1. The molecule has 3 N–H and O–H groups in total. The van der Waals surface area contributed by atoms with Crippen LogP contribution in [0.4, 0.5) is 10.5 Å². The molecule has 0 saturated carbocycles. The Kier molecular flexibility index (Phi) is 5.37. The highest BCUT2D eigenvalue weighted by molar-refractivity contribution is 6.30. The Hall–Kier alpha value is -2.91. The van der Waals surface area contributed by atoms with Gasteiger partial charge < -0.3 is 25.2 Å². The van der Waals surface area contributed by atoms with Gasteiger partial charge in [-0.2, -0.15) is 5.10 Å². The summed E-state index contributed by atoms with van der Waals surface area (Å²) in [5, 5.41) is 21.6. The largest absolute Gasteiger partial charge is 0.388 e. The Labute approximate surface area is 183 Å². The van der Waals surface area contributed by atoms with Gasteiger partial charge in [-0.1, -0.05) is 48.0 Å². The van der Waals surface area contributed by atoms with E-state index in [1.54, 1.807) is 35.1 Å². The number of aliphatic hydroxyl groups excluding tert-OH is 1. The normalized spacial score (nSPS) is 27.1. The monoisotopic (exact) mass is 440 g/mol. The van der Waals surface area contributed by atoms with Crippen molar-refractivity contribution in [3.05, 3.63) is 72.0 Å². The van der Waals surface area contributed by atoms with E-state index in [-0.39, 0.29) is 6.61 Å². The van der Waals surface area contributed by atoms with Crippen LogP contribution >= 0.6 is 11.6 Å². The molecule has 2 amide bonds. The molecule has 2 saturated heterocycles. The van der Waals surface area contributed by atoms with Crippen molar-refractivity contribution in [1.29, 1.82) is 0 Å². The minimum Gasteiger partial charge on any atom is -0.388 e. The number of halogens is 1. The van der Waals surface area contributed by atoms with E-state index < -0.39 is 36.6 Å². The lowest BCUT2D eigenvalue weighted by molar-refractivity contribution is -0.166. The van der Waals surface area contributed by atoms with E-state index in [2.05, 4.69) is 15.7 Å². The highest BCUT2D eigenvalue weighted by atomic mass is 35.5. The number of anilines is 1. The number of ether oxygens (including phenoxy) is 2. The van der Waals surface area contributed by atoms with Gasteiger partial charge in [0.05, 0.1) is 18.8 Å². The van der Waals surface area contributed by atoms with E-state index in [0.717, 1.165) is 11.1 Å². The fraction of sp³-hybridized carbons (Fsp3) is 0.273. The Morgan fingerprint density at radius 1 is 1.16 bits per heavy atom. The van der Waals surface area contributed by atoms with Crippen molar-refractivity contribution in [2.75, 3.05) is 11.9 Å². The number of fused-ring (bicyclic) bond motifs is 2. The van der Waals surface area contributed by atoms with Gasteiger partial charge >= 0.3 is 6.03 Å². The molecule has 0 spiro atoms. The molecule has 2 aliphatic heterocycles. The zero-order chi connectivity index (χ0) is 21.4. The second-order valence-corrected chi connectivity index (χ2v) is 8.00. The van der Waals surface area contributed by atoms with Crippen LogP contribution in [0.25, 0.3) is 11.1 Å². The first-order valence-electron chi connectivity index (χ1n) is 9.96. The molecule has 0 radical (unpaired) electrons. The number of nitrogens with one attached hydrogen (secondary N) is 2. The lowest BCUT2D eigenvalue weighted by Gasteiger charge is -2.38. The number of nitrogens with zero attached hydrogens (tertiary/aromatic N) is 2. The van der Waals surface area contributed by atoms with Gasteiger partial charge in [0.15, 0.2) is 6.29 Å². The topological polar surface area (TPSA) is 97.6 Å². The number of carbonyl (C=O) groups is 1. The quantitative estimate of drug-likeness (QED) is 0.579. The van der Waals surface area contributed by atoms with Gasteiger partial charge in [0, 0.05) is 22.5 Å². The van der Waals surface area contributed by atoms with Crippen LogP contribution in [0.5, 0.6) is 0 Å². The van der Waals surface area contributed by atoms with Crippen molar-refractivity contribution in [2.24, 2.45) is 0 Å². The van der Waals surface area contributed by atoms with Crippen molar-refractivity contribution < 1.29 is 19.4 Å². The molecule has 160 valence electrons. The smallest absolute Gasteiger partial charge is 0.319 e. The Balaban J connectivity index is 1.33. The fourth-order valence-corrected chi connectivity index (χ4v) is 4.22. The van der Waals surface area contributed by atoms with Crippen LogP contribution in [0.1, 0.15) is 6.04 Å². The van der Waals surface area contributed by atoms with Gasteiger partial charge in [0.25, 0.3) is 0 Å². The van der Waals surface area contributed by atoms with Crippen LogP contribution in [0, 0.1) is 0 Å². The summed E-state index contributed by atoms with van der Waals surface area (Å²) in [5.41, 5.74) is 2.48. The summed E-state index contributed by atoms with van der Waals surface area (Å²) in [6.45, 7) is 0.271. The number of rotatable bonds is 4. The highest BCUT2D eigenvalue weighted by Crippen LogP contribution is 2.36. The van der Waals surface area contributed by atoms with Crippen LogP contribution in [-0.4, -0.2) is 52.1 Å². The van der Waals surface area contributed by atoms with Crippen LogP contribution in [-0.2, 0) is 9.47 Å². The number of benzene rings is 2. The zero-order valence-electron chi connectivity index (χ0n) is 16.4. The second kappa shape index (κ2) is 8.32. The van der Waals surface area contributed by atoms with E-state index >= 15 is 0 Å². The maximum absolute atomic E-state index is 12.5. The van der Waals surface area contributed by atoms with Crippen molar-refractivity contribution >= 4 is 23.3 Å². The van der Waals surface area contributed by atoms with Crippen LogP contribution < -0.4 is 10.6 Å². The number of urea groups is 1. The van der Waals surface area contributed by atoms with Crippen LogP contribution in [0.15, 0.2) is 67.0 Å². The molecule has 9 heteroatoms. The molecule has 2 bridgehead atoms. The van der Waals surface area contributed by atoms with Gasteiger partial charge in [0.2, 0.25) is 0 Å². The van der Waals surface area contributed by atoms with E-state index in [4.69, 9.17) is 21.1 Å². The standard InChI is InChI=1S/C22H21ClN4O4/c23-15-7-4-8-16(9-15)25-22(29)26-18-17-12-30-21(31-17)19(20(18)28)27-11-14(10-24-27)13-5-2-1-3-6-13/h1-11,17-21,28H,12H2,(H2,25,26,29)/t17-,18-,19-,20+,21-/m1/s1. The van der Waals surface area contributed by atoms with Gasteiger partial charge in [-0.05, 0) is 23.8 Å². The highest BCUT2D eigenvalue weighted by Gasteiger charge is 2.51. The van der Waals surface area contributed by atoms with Crippen LogP contribution in [0.2, 0.25) is 5.02 Å². The molecule has 5 atom stereocenters. The van der Waals surface area contributed by atoms with Gasteiger partial charge in [-0.3, -0.25) is 4.68 Å². The van der Waals surface area contributed by atoms with Crippen molar-refractivity contribution in [2.45, 2.75) is 30.6 Å². The number of aliphatic hydroxyl groups is 1.